The summed E-state index contributed by atoms with van der Waals surface area (Å²) in [7, 11) is 0. The van der Waals surface area contributed by atoms with Gasteiger partial charge in [-0.2, -0.15) is 0 Å². The van der Waals surface area contributed by atoms with Gasteiger partial charge in [0.1, 0.15) is 5.75 Å². The number of amides is 1. The van der Waals surface area contributed by atoms with Crippen LogP contribution in [0, 0.1) is 0 Å². The van der Waals surface area contributed by atoms with E-state index < -0.39 is 6.09 Å². The van der Waals surface area contributed by atoms with Crippen LogP contribution < -0.4 is 10.1 Å². The molecule has 0 bridgehead atoms. The lowest BCUT2D eigenvalue weighted by atomic mass is 9.96. The first-order valence-electron chi connectivity index (χ1n) is 7.55. The average molecular weight is 308 g/mol. The highest BCUT2D eigenvalue weighted by Gasteiger charge is 2.23. The van der Waals surface area contributed by atoms with Crippen LogP contribution in [-0.4, -0.2) is 22.8 Å². The minimum absolute atomic E-state index is 0.216. The Kier molecular flexibility index (Phi) is 3.19. The van der Waals surface area contributed by atoms with E-state index in [0.29, 0.717) is 13.0 Å². The fourth-order valence-electron chi connectivity index (χ4n) is 3.18. The highest BCUT2D eigenvalue weighted by Crippen LogP contribution is 2.37. The Bertz CT molecular complexity index is 885. The quantitative estimate of drug-likeness (QED) is 0.671. The normalized spacial score (nSPS) is 16.6. The third kappa shape index (κ3) is 2.40. The van der Waals surface area contributed by atoms with Gasteiger partial charge in [-0.3, -0.25) is 0 Å². The fraction of sp³-hybridized carbons (Fsp3) is 0.167. The van der Waals surface area contributed by atoms with Gasteiger partial charge < -0.3 is 20.1 Å². The number of ether oxygens (including phenoxy) is 1. The number of hydrogen-bond donors (Lipinski definition) is 3. The fourth-order valence-corrected chi connectivity index (χ4v) is 3.18. The number of H-pyrrole nitrogens is 1. The van der Waals surface area contributed by atoms with Crippen molar-refractivity contribution in [2.24, 2.45) is 0 Å². The Balaban J connectivity index is 1.78. The van der Waals surface area contributed by atoms with Crippen LogP contribution in [0.3, 0.4) is 0 Å². The molecule has 1 aliphatic heterocycles. The maximum Gasteiger partial charge on any atom is 0.405 e. The molecule has 1 aliphatic rings. The van der Waals surface area contributed by atoms with Crippen molar-refractivity contribution < 1.29 is 14.6 Å². The van der Waals surface area contributed by atoms with Crippen molar-refractivity contribution in [3.63, 3.8) is 0 Å². The SMILES string of the molecule is O=C(O)NC1CCOc2cc(-c3cccc4cc[nH]c34)ccc21. The zero-order valence-corrected chi connectivity index (χ0v) is 12.4. The Labute approximate surface area is 132 Å². The van der Waals surface area contributed by atoms with E-state index >= 15 is 0 Å². The van der Waals surface area contributed by atoms with E-state index in [0.717, 1.165) is 33.3 Å². The lowest BCUT2D eigenvalue weighted by Crippen LogP contribution is -2.30. The van der Waals surface area contributed by atoms with Crippen molar-refractivity contribution in [2.45, 2.75) is 12.5 Å². The first-order chi connectivity index (χ1) is 11.2. The van der Waals surface area contributed by atoms with Crippen LogP contribution in [0.4, 0.5) is 4.79 Å². The lowest BCUT2D eigenvalue weighted by Gasteiger charge is -2.26. The maximum atomic E-state index is 10.9. The van der Waals surface area contributed by atoms with Crippen molar-refractivity contribution in [3.05, 3.63) is 54.2 Å². The number of para-hydroxylation sites is 1. The smallest absolute Gasteiger partial charge is 0.405 e. The molecule has 5 nitrogen and oxygen atoms in total. The number of fused-ring (bicyclic) bond motifs is 2. The summed E-state index contributed by atoms with van der Waals surface area (Å²) < 4.78 is 5.75. The second-order valence-electron chi connectivity index (χ2n) is 5.64. The van der Waals surface area contributed by atoms with Gasteiger partial charge in [0, 0.05) is 23.7 Å². The van der Waals surface area contributed by atoms with E-state index in [9.17, 15) is 4.79 Å². The van der Waals surface area contributed by atoms with Gasteiger partial charge in [0.2, 0.25) is 0 Å². The molecule has 0 saturated carbocycles. The predicted molar refractivity (Wildman–Crippen MR) is 87.7 cm³/mol. The van der Waals surface area contributed by atoms with Crippen LogP contribution >= 0.6 is 0 Å². The summed E-state index contributed by atoms with van der Waals surface area (Å²) >= 11 is 0. The van der Waals surface area contributed by atoms with Crippen LogP contribution in [0.5, 0.6) is 5.75 Å². The molecule has 3 N–H and O–H groups in total. The van der Waals surface area contributed by atoms with Gasteiger partial charge in [-0.05, 0) is 23.1 Å². The minimum Gasteiger partial charge on any atom is -0.493 e. The molecule has 0 fully saturated rings. The van der Waals surface area contributed by atoms with Gasteiger partial charge in [0.25, 0.3) is 0 Å². The average Bonchev–Trinajstić information content (AvgIpc) is 3.02. The van der Waals surface area contributed by atoms with E-state index in [1.165, 1.54) is 0 Å². The number of benzene rings is 2. The summed E-state index contributed by atoms with van der Waals surface area (Å²) in [5.41, 5.74) is 4.13. The Morgan fingerprint density at radius 3 is 3.04 bits per heavy atom. The molecule has 0 radical (unpaired) electrons. The van der Waals surface area contributed by atoms with Crippen LogP contribution in [0.1, 0.15) is 18.0 Å². The molecule has 0 aliphatic carbocycles. The van der Waals surface area contributed by atoms with E-state index in [1.54, 1.807) is 0 Å². The molecular weight excluding hydrogens is 292 g/mol. The number of aromatic nitrogens is 1. The number of hydrogen-bond acceptors (Lipinski definition) is 2. The number of nitrogens with one attached hydrogen (secondary N) is 2. The zero-order chi connectivity index (χ0) is 15.8. The van der Waals surface area contributed by atoms with Gasteiger partial charge >= 0.3 is 6.09 Å². The second kappa shape index (κ2) is 5.35. The van der Waals surface area contributed by atoms with Crippen molar-refractivity contribution in [1.29, 1.82) is 0 Å². The first-order valence-corrected chi connectivity index (χ1v) is 7.55. The van der Waals surface area contributed by atoms with Gasteiger partial charge in [0.15, 0.2) is 0 Å². The molecule has 2 aromatic carbocycles. The zero-order valence-electron chi connectivity index (χ0n) is 12.4. The van der Waals surface area contributed by atoms with Crippen LogP contribution in [0.15, 0.2) is 48.7 Å². The molecule has 2 heterocycles. The van der Waals surface area contributed by atoms with Crippen LogP contribution in [0.25, 0.3) is 22.0 Å². The van der Waals surface area contributed by atoms with Crippen molar-refractivity contribution in [3.8, 4) is 16.9 Å². The number of rotatable bonds is 2. The molecule has 23 heavy (non-hydrogen) atoms. The van der Waals surface area contributed by atoms with Gasteiger partial charge in [-0.25, -0.2) is 4.79 Å². The molecule has 5 heteroatoms. The highest BCUT2D eigenvalue weighted by molar-refractivity contribution is 5.94. The summed E-state index contributed by atoms with van der Waals surface area (Å²) in [6.07, 6.45) is 1.56. The third-order valence-corrected chi connectivity index (χ3v) is 4.25. The van der Waals surface area contributed by atoms with Crippen molar-refractivity contribution in [1.82, 2.24) is 10.3 Å². The Morgan fingerprint density at radius 1 is 1.26 bits per heavy atom. The van der Waals surface area contributed by atoms with Gasteiger partial charge in [-0.15, -0.1) is 0 Å². The van der Waals surface area contributed by atoms with Crippen LogP contribution in [-0.2, 0) is 0 Å². The molecule has 1 atom stereocenters. The summed E-state index contributed by atoms with van der Waals surface area (Å²) in [5.74, 6) is 0.746. The number of aromatic amines is 1. The number of carbonyl (C=O) groups is 1. The maximum absolute atomic E-state index is 10.9. The lowest BCUT2D eigenvalue weighted by molar-refractivity contribution is 0.182. The van der Waals surface area contributed by atoms with Gasteiger partial charge in [-0.1, -0.05) is 30.3 Å². The largest absolute Gasteiger partial charge is 0.493 e. The van der Waals surface area contributed by atoms with E-state index in [1.807, 2.05) is 36.5 Å². The Hall–Kier alpha value is -2.95. The van der Waals surface area contributed by atoms with E-state index in [4.69, 9.17) is 9.84 Å². The van der Waals surface area contributed by atoms with Crippen molar-refractivity contribution >= 4 is 17.0 Å². The molecule has 0 spiro atoms. The molecule has 1 amide bonds. The van der Waals surface area contributed by atoms with E-state index in [2.05, 4.69) is 22.4 Å². The molecule has 1 aromatic heterocycles. The molecular formula is C18H16N2O3. The van der Waals surface area contributed by atoms with E-state index in [-0.39, 0.29) is 6.04 Å². The third-order valence-electron chi connectivity index (χ3n) is 4.25. The summed E-state index contributed by atoms with van der Waals surface area (Å²) in [5, 5.41) is 12.7. The summed E-state index contributed by atoms with van der Waals surface area (Å²) in [6.45, 7) is 0.508. The predicted octanol–water partition coefficient (Wildman–Crippen LogP) is 3.93. The molecule has 4 rings (SSSR count). The molecule has 1 unspecified atom stereocenters. The summed E-state index contributed by atoms with van der Waals surface area (Å²) in [6, 6.07) is 13.9. The minimum atomic E-state index is -1.01. The standard InChI is InChI=1S/C18H16N2O3/c21-18(22)20-15-7-9-23-16-10-12(4-5-14(15)16)13-3-1-2-11-6-8-19-17(11)13/h1-6,8,10,15,19-20H,7,9H2,(H,21,22). The first kappa shape index (κ1) is 13.7. The van der Waals surface area contributed by atoms with Crippen LogP contribution in [0.2, 0.25) is 0 Å². The molecule has 0 saturated heterocycles. The Morgan fingerprint density at radius 2 is 2.17 bits per heavy atom. The molecule has 3 aromatic rings. The monoisotopic (exact) mass is 308 g/mol. The van der Waals surface area contributed by atoms with Gasteiger partial charge in [0.05, 0.1) is 18.2 Å². The summed E-state index contributed by atoms with van der Waals surface area (Å²) in [4.78, 5) is 14.2. The second-order valence-corrected chi connectivity index (χ2v) is 5.64. The topological polar surface area (TPSA) is 74.3 Å². The number of carboxylic acid groups (broad SMARTS) is 1. The molecule has 116 valence electrons. The van der Waals surface area contributed by atoms with Crippen molar-refractivity contribution in [2.75, 3.05) is 6.61 Å². The highest BCUT2D eigenvalue weighted by atomic mass is 16.5.